The molecule has 2 heterocycles. The standard InChI is InChI=1S/C15H12ClN3S/c1-10(16)15-18-13-5-4-11(8-17)7-14(13)19(15)9-12-3-2-6-20-12/h2-7,10H,9H2,1H3. The van der Waals surface area contributed by atoms with Crippen LogP contribution in [0.15, 0.2) is 35.7 Å². The Morgan fingerprint density at radius 2 is 2.30 bits per heavy atom. The number of rotatable bonds is 3. The minimum Gasteiger partial charge on any atom is -0.321 e. The van der Waals surface area contributed by atoms with Gasteiger partial charge >= 0.3 is 0 Å². The average Bonchev–Trinajstić information content (AvgIpc) is 3.07. The number of hydrogen-bond donors (Lipinski definition) is 0. The quantitative estimate of drug-likeness (QED) is 0.676. The summed E-state index contributed by atoms with van der Waals surface area (Å²) in [6, 6.07) is 11.8. The molecule has 0 N–H and O–H groups in total. The summed E-state index contributed by atoms with van der Waals surface area (Å²) in [5.41, 5.74) is 2.47. The summed E-state index contributed by atoms with van der Waals surface area (Å²) in [4.78, 5) is 5.84. The fraction of sp³-hybridized carbons (Fsp3) is 0.200. The smallest absolute Gasteiger partial charge is 0.128 e. The van der Waals surface area contributed by atoms with Crippen LogP contribution in [0.5, 0.6) is 0 Å². The highest BCUT2D eigenvalue weighted by atomic mass is 35.5. The average molecular weight is 302 g/mol. The van der Waals surface area contributed by atoms with Crippen molar-refractivity contribution in [3.63, 3.8) is 0 Å². The largest absolute Gasteiger partial charge is 0.321 e. The van der Waals surface area contributed by atoms with Gasteiger partial charge in [0.15, 0.2) is 0 Å². The molecular formula is C15H12ClN3S. The molecule has 0 fully saturated rings. The predicted molar refractivity (Wildman–Crippen MR) is 82.1 cm³/mol. The molecule has 0 saturated heterocycles. The normalized spacial score (nSPS) is 12.4. The third-order valence-corrected chi connectivity index (χ3v) is 4.21. The van der Waals surface area contributed by atoms with Gasteiger partial charge in [-0.25, -0.2) is 4.98 Å². The van der Waals surface area contributed by atoms with Gasteiger partial charge in [0.1, 0.15) is 5.82 Å². The lowest BCUT2D eigenvalue weighted by Gasteiger charge is -2.09. The molecule has 0 aliphatic heterocycles. The molecule has 0 aliphatic rings. The molecule has 3 nitrogen and oxygen atoms in total. The van der Waals surface area contributed by atoms with Crippen molar-refractivity contribution in [2.24, 2.45) is 0 Å². The number of alkyl halides is 1. The lowest BCUT2D eigenvalue weighted by Crippen LogP contribution is -2.04. The third kappa shape index (κ3) is 2.31. The number of nitriles is 1. The Hall–Kier alpha value is -1.83. The van der Waals surface area contributed by atoms with Crippen molar-refractivity contribution in [1.29, 1.82) is 5.26 Å². The van der Waals surface area contributed by atoms with Crippen molar-refractivity contribution >= 4 is 34.0 Å². The highest BCUT2D eigenvalue weighted by Gasteiger charge is 2.15. The minimum absolute atomic E-state index is 0.173. The van der Waals surface area contributed by atoms with Gasteiger partial charge in [0.05, 0.1) is 34.6 Å². The first kappa shape index (κ1) is 13.2. The number of halogens is 1. The first-order valence-electron chi connectivity index (χ1n) is 6.26. The third-order valence-electron chi connectivity index (χ3n) is 3.16. The van der Waals surface area contributed by atoms with Crippen LogP contribution in [0.25, 0.3) is 11.0 Å². The molecule has 1 unspecified atom stereocenters. The Labute approximate surface area is 126 Å². The maximum atomic E-state index is 9.06. The molecule has 3 rings (SSSR count). The zero-order valence-corrected chi connectivity index (χ0v) is 12.4. The molecule has 0 bridgehead atoms. The van der Waals surface area contributed by atoms with Gasteiger partial charge < -0.3 is 4.57 Å². The van der Waals surface area contributed by atoms with Crippen molar-refractivity contribution in [3.05, 3.63) is 52.0 Å². The minimum atomic E-state index is -0.173. The van der Waals surface area contributed by atoms with Crippen LogP contribution in [0.4, 0.5) is 0 Å². The van der Waals surface area contributed by atoms with Gasteiger partial charge in [0, 0.05) is 4.88 Å². The second-order valence-corrected chi connectivity index (χ2v) is 6.25. The summed E-state index contributed by atoms with van der Waals surface area (Å²) >= 11 is 7.95. The highest BCUT2D eigenvalue weighted by molar-refractivity contribution is 7.09. The molecule has 3 aromatic rings. The maximum absolute atomic E-state index is 9.06. The van der Waals surface area contributed by atoms with Crippen LogP contribution in [0, 0.1) is 11.3 Å². The Kier molecular flexibility index (Phi) is 3.47. The maximum Gasteiger partial charge on any atom is 0.128 e. The van der Waals surface area contributed by atoms with Crippen LogP contribution in [0.2, 0.25) is 0 Å². The molecule has 0 saturated carbocycles. The summed E-state index contributed by atoms with van der Waals surface area (Å²) in [6.45, 7) is 2.65. The number of aromatic nitrogens is 2. The molecule has 0 amide bonds. The second-order valence-electron chi connectivity index (χ2n) is 4.57. The summed E-state index contributed by atoms with van der Waals surface area (Å²) in [5, 5.41) is 10.9. The molecule has 0 spiro atoms. The van der Waals surface area contributed by atoms with Crippen LogP contribution >= 0.6 is 22.9 Å². The van der Waals surface area contributed by atoms with E-state index in [-0.39, 0.29) is 5.38 Å². The first-order valence-corrected chi connectivity index (χ1v) is 7.57. The summed E-state index contributed by atoms with van der Waals surface area (Å²) < 4.78 is 2.10. The number of fused-ring (bicyclic) bond motifs is 1. The Bertz CT molecular complexity index is 781. The zero-order valence-electron chi connectivity index (χ0n) is 10.9. The van der Waals surface area contributed by atoms with E-state index in [2.05, 4.69) is 27.1 Å². The van der Waals surface area contributed by atoms with Gasteiger partial charge in [0.2, 0.25) is 0 Å². The van der Waals surface area contributed by atoms with Gasteiger partial charge in [-0.2, -0.15) is 5.26 Å². The van der Waals surface area contributed by atoms with E-state index in [9.17, 15) is 0 Å². The molecule has 1 aromatic carbocycles. The van der Waals surface area contributed by atoms with E-state index in [0.29, 0.717) is 5.56 Å². The summed E-state index contributed by atoms with van der Waals surface area (Å²) in [7, 11) is 0. The monoisotopic (exact) mass is 301 g/mol. The van der Waals surface area contributed by atoms with E-state index in [4.69, 9.17) is 16.9 Å². The summed E-state index contributed by atoms with van der Waals surface area (Å²) in [5.74, 6) is 0.838. The van der Waals surface area contributed by atoms with Crippen molar-refractivity contribution in [2.75, 3.05) is 0 Å². The van der Waals surface area contributed by atoms with E-state index in [0.717, 1.165) is 23.4 Å². The topological polar surface area (TPSA) is 41.6 Å². The van der Waals surface area contributed by atoms with Gasteiger partial charge in [0.25, 0.3) is 0 Å². The number of hydrogen-bond acceptors (Lipinski definition) is 3. The van der Waals surface area contributed by atoms with Crippen molar-refractivity contribution < 1.29 is 0 Å². The highest BCUT2D eigenvalue weighted by Crippen LogP contribution is 2.27. The first-order chi connectivity index (χ1) is 9.69. The van der Waals surface area contributed by atoms with E-state index < -0.39 is 0 Å². The molecule has 100 valence electrons. The molecule has 0 aliphatic carbocycles. The van der Waals surface area contributed by atoms with Crippen molar-refractivity contribution in [3.8, 4) is 6.07 Å². The number of benzene rings is 1. The molecule has 5 heteroatoms. The van der Waals surface area contributed by atoms with Crippen LogP contribution in [0.3, 0.4) is 0 Å². The lowest BCUT2D eigenvalue weighted by atomic mass is 10.2. The molecule has 20 heavy (non-hydrogen) atoms. The fourth-order valence-corrected chi connectivity index (χ4v) is 3.10. The number of imidazole rings is 1. The second kappa shape index (κ2) is 5.28. The number of thiophene rings is 1. The Morgan fingerprint density at radius 3 is 2.95 bits per heavy atom. The van der Waals surface area contributed by atoms with Gasteiger partial charge in [-0.15, -0.1) is 22.9 Å². The molecule has 1 atom stereocenters. The zero-order chi connectivity index (χ0) is 14.1. The number of nitrogens with zero attached hydrogens (tertiary/aromatic N) is 3. The predicted octanol–water partition coefficient (Wildman–Crippen LogP) is 4.32. The van der Waals surface area contributed by atoms with Crippen LogP contribution < -0.4 is 0 Å². The van der Waals surface area contributed by atoms with Crippen LogP contribution in [-0.2, 0) is 6.54 Å². The van der Waals surface area contributed by atoms with Crippen LogP contribution in [-0.4, -0.2) is 9.55 Å². The molecular weight excluding hydrogens is 290 g/mol. The Morgan fingerprint density at radius 1 is 1.45 bits per heavy atom. The van der Waals surface area contributed by atoms with Gasteiger partial charge in [-0.05, 0) is 36.6 Å². The van der Waals surface area contributed by atoms with Crippen LogP contribution in [0.1, 0.15) is 28.6 Å². The van der Waals surface area contributed by atoms with E-state index >= 15 is 0 Å². The van der Waals surface area contributed by atoms with Gasteiger partial charge in [-0.1, -0.05) is 6.07 Å². The van der Waals surface area contributed by atoms with Gasteiger partial charge in [-0.3, -0.25) is 0 Å². The molecule has 2 aromatic heterocycles. The van der Waals surface area contributed by atoms with E-state index in [1.54, 1.807) is 17.4 Å². The van der Waals surface area contributed by atoms with E-state index in [1.165, 1.54) is 4.88 Å². The van der Waals surface area contributed by atoms with E-state index in [1.807, 2.05) is 25.1 Å². The van der Waals surface area contributed by atoms with Crippen molar-refractivity contribution in [2.45, 2.75) is 18.8 Å². The van der Waals surface area contributed by atoms with Crippen molar-refractivity contribution in [1.82, 2.24) is 9.55 Å². The Balaban J connectivity index is 2.19. The SMILES string of the molecule is CC(Cl)c1nc2ccc(C#N)cc2n1Cc1cccs1. The lowest BCUT2D eigenvalue weighted by molar-refractivity contribution is 0.750. The summed E-state index contributed by atoms with van der Waals surface area (Å²) in [6.07, 6.45) is 0. The molecule has 0 radical (unpaired) electrons. The fourth-order valence-electron chi connectivity index (χ4n) is 2.24.